The molecule has 2 N–H and O–H groups in total. The molecule has 2 aliphatic rings. The zero-order chi connectivity index (χ0) is 22.8. The molecule has 1 heterocycles. The third kappa shape index (κ3) is 3.80. The van der Waals surface area contributed by atoms with E-state index in [2.05, 4.69) is 55.1 Å². The van der Waals surface area contributed by atoms with Crippen molar-refractivity contribution in [1.82, 2.24) is 0 Å². The van der Waals surface area contributed by atoms with Crippen LogP contribution in [0.3, 0.4) is 0 Å². The number of anilines is 2. The summed E-state index contributed by atoms with van der Waals surface area (Å²) in [5.74, 6) is -0.672. The molecule has 0 radical (unpaired) electrons. The molecule has 5 nitrogen and oxygen atoms in total. The Balaban J connectivity index is 1.85. The van der Waals surface area contributed by atoms with Gasteiger partial charge in [-0.1, -0.05) is 24.3 Å². The molecule has 0 bridgehead atoms. The quantitative estimate of drug-likeness (QED) is 0.735. The minimum Gasteiger partial charge on any atom is -0.372 e. The van der Waals surface area contributed by atoms with Crippen LogP contribution in [0.15, 0.2) is 59.8 Å². The summed E-state index contributed by atoms with van der Waals surface area (Å²) >= 11 is 0. The van der Waals surface area contributed by atoms with E-state index in [0.717, 1.165) is 59.7 Å². The highest BCUT2D eigenvalue weighted by atomic mass is 16.1. The molecule has 166 valence electrons. The smallest absolute Gasteiger partial charge is 0.161 e. The van der Waals surface area contributed by atoms with Gasteiger partial charge in [-0.2, -0.15) is 5.26 Å². The molecule has 1 aliphatic carbocycles. The van der Waals surface area contributed by atoms with E-state index in [9.17, 15) is 10.1 Å². The van der Waals surface area contributed by atoms with Crippen LogP contribution in [0.5, 0.6) is 0 Å². The standard InChI is InChI=1S/C27H32N4O/c1-4-30(5-2)20-14-12-19(13-15-20)25-22(17-28)27(29)31(21-9-6-8-18(3)16-21)23-10-7-11-24(32)26(23)25/h6,8-9,12-16,22,25,27H,4-5,7,10-11,29H2,1-3H3. The van der Waals surface area contributed by atoms with Crippen molar-refractivity contribution < 1.29 is 4.79 Å². The molecule has 0 amide bonds. The molecule has 0 fully saturated rings. The maximum absolute atomic E-state index is 13.2. The molecule has 0 spiro atoms. The van der Waals surface area contributed by atoms with Gasteiger partial charge in [0.25, 0.3) is 0 Å². The number of carbonyl (C=O) groups is 1. The normalized spacial score (nSPS) is 23.0. The summed E-state index contributed by atoms with van der Waals surface area (Å²) in [6, 6.07) is 19.0. The average Bonchev–Trinajstić information content (AvgIpc) is 2.80. The number of Topliss-reactive ketones (excluding diaryl/α,β-unsaturated/α-hetero) is 1. The first kappa shape index (κ1) is 22.1. The van der Waals surface area contributed by atoms with Crippen molar-refractivity contribution in [3.05, 3.63) is 70.9 Å². The van der Waals surface area contributed by atoms with Crippen LogP contribution in [0.2, 0.25) is 0 Å². The highest BCUT2D eigenvalue weighted by Gasteiger charge is 2.45. The molecule has 0 saturated heterocycles. The average molecular weight is 429 g/mol. The van der Waals surface area contributed by atoms with E-state index < -0.39 is 12.1 Å². The number of nitrogens with two attached hydrogens (primary N) is 1. The third-order valence-electron chi connectivity index (χ3n) is 6.87. The Hall–Kier alpha value is -3.10. The third-order valence-corrected chi connectivity index (χ3v) is 6.87. The number of hydrogen-bond donors (Lipinski definition) is 1. The first-order valence-electron chi connectivity index (χ1n) is 11.6. The zero-order valence-electron chi connectivity index (χ0n) is 19.2. The second-order valence-electron chi connectivity index (χ2n) is 8.73. The topological polar surface area (TPSA) is 73.4 Å². The predicted molar refractivity (Wildman–Crippen MR) is 129 cm³/mol. The molecule has 0 saturated carbocycles. The Morgan fingerprint density at radius 2 is 1.84 bits per heavy atom. The van der Waals surface area contributed by atoms with Gasteiger partial charge in [-0.15, -0.1) is 0 Å². The zero-order valence-corrected chi connectivity index (χ0v) is 19.2. The molecule has 4 rings (SSSR count). The number of nitrogens with zero attached hydrogens (tertiary/aromatic N) is 3. The number of aryl methyl sites for hydroxylation is 1. The molecule has 0 aromatic heterocycles. The summed E-state index contributed by atoms with van der Waals surface area (Å²) in [4.78, 5) is 17.6. The number of nitriles is 1. The van der Waals surface area contributed by atoms with Crippen LogP contribution in [0.25, 0.3) is 0 Å². The number of hydrogen-bond acceptors (Lipinski definition) is 5. The van der Waals surface area contributed by atoms with Crippen molar-refractivity contribution in [2.45, 2.75) is 52.1 Å². The fourth-order valence-electron chi connectivity index (χ4n) is 5.28. The summed E-state index contributed by atoms with van der Waals surface area (Å²) in [5, 5.41) is 10.2. The monoisotopic (exact) mass is 428 g/mol. The van der Waals surface area contributed by atoms with Crippen molar-refractivity contribution >= 4 is 17.2 Å². The van der Waals surface area contributed by atoms with Gasteiger partial charge in [0.1, 0.15) is 0 Å². The second kappa shape index (κ2) is 9.18. The minimum absolute atomic E-state index is 0.147. The Morgan fingerprint density at radius 3 is 2.47 bits per heavy atom. The van der Waals surface area contributed by atoms with Crippen molar-refractivity contribution in [2.75, 3.05) is 22.9 Å². The molecular formula is C27H32N4O. The SMILES string of the molecule is CCN(CC)c1ccc(C2C3=C(CCCC3=O)N(c3cccc(C)c3)C(N)C2C#N)cc1. The summed E-state index contributed by atoms with van der Waals surface area (Å²) < 4.78 is 0. The Morgan fingerprint density at radius 1 is 1.12 bits per heavy atom. The molecule has 3 unspecified atom stereocenters. The number of benzene rings is 2. The van der Waals surface area contributed by atoms with Crippen LogP contribution in [0.4, 0.5) is 11.4 Å². The van der Waals surface area contributed by atoms with Crippen molar-refractivity contribution in [2.24, 2.45) is 11.7 Å². The van der Waals surface area contributed by atoms with Gasteiger partial charge in [0.05, 0.1) is 18.2 Å². The lowest BCUT2D eigenvalue weighted by Crippen LogP contribution is -2.54. The molecule has 5 heteroatoms. The van der Waals surface area contributed by atoms with Gasteiger partial charge in [-0.25, -0.2) is 0 Å². The van der Waals surface area contributed by atoms with Gasteiger partial charge >= 0.3 is 0 Å². The van der Waals surface area contributed by atoms with Crippen LogP contribution in [-0.4, -0.2) is 25.0 Å². The van der Waals surface area contributed by atoms with Gasteiger partial charge in [0, 0.05) is 48.1 Å². The molecule has 3 atom stereocenters. The fourth-order valence-corrected chi connectivity index (χ4v) is 5.28. The lowest BCUT2D eigenvalue weighted by Gasteiger charge is -2.46. The van der Waals surface area contributed by atoms with Crippen LogP contribution in [-0.2, 0) is 4.79 Å². The summed E-state index contributed by atoms with van der Waals surface area (Å²) in [6.07, 6.45) is 1.63. The predicted octanol–water partition coefficient (Wildman–Crippen LogP) is 4.88. The van der Waals surface area contributed by atoms with E-state index >= 15 is 0 Å². The molecule has 32 heavy (non-hydrogen) atoms. The Kier molecular flexibility index (Phi) is 6.34. The highest BCUT2D eigenvalue weighted by Crippen LogP contribution is 2.47. The first-order chi connectivity index (χ1) is 15.5. The van der Waals surface area contributed by atoms with E-state index in [-0.39, 0.29) is 11.7 Å². The number of allylic oxidation sites excluding steroid dienone is 2. The number of rotatable bonds is 5. The maximum Gasteiger partial charge on any atom is 0.161 e. The highest BCUT2D eigenvalue weighted by molar-refractivity contribution is 5.99. The van der Waals surface area contributed by atoms with Crippen LogP contribution in [0.1, 0.15) is 50.2 Å². The van der Waals surface area contributed by atoms with Gasteiger partial charge in [-0.3, -0.25) is 4.79 Å². The van der Waals surface area contributed by atoms with E-state index in [4.69, 9.17) is 5.73 Å². The van der Waals surface area contributed by atoms with Crippen LogP contribution < -0.4 is 15.5 Å². The van der Waals surface area contributed by atoms with Crippen LogP contribution >= 0.6 is 0 Å². The van der Waals surface area contributed by atoms with E-state index in [1.807, 2.05) is 30.0 Å². The Labute approximate surface area is 191 Å². The van der Waals surface area contributed by atoms with Gasteiger partial charge in [0.2, 0.25) is 0 Å². The van der Waals surface area contributed by atoms with Crippen molar-refractivity contribution in [3.63, 3.8) is 0 Å². The van der Waals surface area contributed by atoms with Crippen molar-refractivity contribution in [1.29, 1.82) is 5.26 Å². The van der Waals surface area contributed by atoms with Gasteiger partial charge in [0.15, 0.2) is 5.78 Å². The van der Waals surface area contributed by atoms with Crippen LogP contribution in [0, 0.1) is 24.2 Å². The van der Waals surface area contributed by atoms with Gasteiger partial charge in [-0.05, 0) is 69.0 Å². The molecule has 1 aliphatic heterocycles. The summed E-state index contributed by atoms with van der Waals surface area (Å²) in [6.45, 7) is 8.19. The van der Waals surface area contributed by atoms with E-state index in [1.165, 1.54) is 0 Å². The number of ketones is 1. The second-order valence-corrected chi connectivity index (χ2v) is 8.73. The lowest BCUT2D eigenvalue weighted by atomic mass is 9.71. The molecule has 2 aromatic carbocycles. The summed E-state index contributed by atoms with van der Waals surface area (Å²) in [5.41, 5.74) is 12.8. The Bertz CT molecular complexity index is 1060. The first-order valence-corrected chi connectivity index (χ1v) is 11.6. The lowest BCUT2D eigenvalue weighted by molar-refractivity contribution is -0.116. The minimum atomic E-state index is -0.518. The maximum atomic E-state index is 13.2. The van der Waals surface area contributed by atoms with E-state index in [0.29, 0.717) is 6.42 Å². The molecule has 2 aromatic rings. The van der Waals surface area contributed by atoms with Crippen molar-refractivity contribution in [3.8, 4) is 6.07 Å². The summed E-state index contributed by atoms with van der Waals surface area (Å²) in [7, 11) is 0. The fraction of sp³-hybridized carbons (Fsp3) is 0.407. The van der Waals surface area contributed by atoms with E-state index in [1.54, 1.807) is 0 Å². The molecular weight excluding hydrogens is 396 g/mol. The van der Waals surface area contributed by atoms with Gasteiger partial charge < -0.3 is 15.5 Å². The largest absolute Gasteiger partial charge is 0.372 e. The number of carbonyl (C=O) groups excluding carboxylic acids is 1.